The highest BCUT2D eigenvalue weighted by Crippen LogP contribution is 2.42. The van der Waals surface area contributed by atoms with Gasteiger partial charge in [-0.3, -0.25) is 0 Å². The van der Waals surface area contributed by atoms with E-state index in [2.05, 4.69) is 97.9 Å². The zero-order valence-electron chi connectivity index (χ0n) is 24.1. The summed E-state index contributed by atoms with van der Waals surface area (Å²) in [6.07, 6.45) is 0. The molecule has 0 radical (unpaired) electrons. The van der Waals surface area contributed by atoms with Crippen molar-refractivity contribution in [2.45, 2.75) is 77.8 Å². The summed E-state index contributed by atoms with van der Waals surface area (Å²) in [5.74, 6) is 0.806. The monoisotopic (exact) mass is 522 g/mol. The normalized spacial score (nSPS) is 21.1. The Balaban J connectivity index is 1.43. The summed E-state index contributed by atoms with van der Waals surface area (Å²) < 4.78 is 31.9. The van der Waals surface area contributed by atoms with E-state index in [1.807, 2.05) is 30.3 Å². The lowest BCUT2D eigenvalue weighted by molar-refractivity contribution is 0.00578. The summed E-state index contributed by atoms with van der Waals surface area (Å²) >= 11 is 0. The van der Waals surface area contributed by atoms with Crippen molar-refractivity contribution < 1.29 is 23.0 Å². The molecule has 0 saturated carbocycles. The molecule has 3 heterocycles. The first-order valence-electron chi connectivity index (χ1n) is 13.7. The molecule has 4 aromatic rings. The topological polar surface area (TPSA) is 50.1 Å². The number of para-hydroxylation sites is 1. The van der Waals surface area contributed by atoms with Crippen molar-refractivity contribution in [3.63, 3.8) is 0 Å². The van der Waals surface area contributed by atoms with Crippen molar-refractivity contribution in [2.75, 3.05) is 0 Å². The van der Waals surface area contributed by atoms with Crippen LogP contribution in [0.3, 0.4) is 0 Å². The molecule has 0 atom stereocenters. The van der Waals surface area contributed by atoms with E-state index in [0.29, 0.717) is 0 Å². The summed E-state index contributed by atoms with van der Waals surface area (Å²) in [4.78, 5) is 0. The standard InChI is InChI=1S/C32H36B2O5/c1-29(2)30(3,4)37-33(36-29)23-15-11-13-21(19-23)27-25-17-9-10-18-26(25)35-28(27)22-14-12-16-24(20-22)34-38-31(5,6)32(7,8)39-34/h9-20H,1-8H3. The van der Waals surface area contributed by atoms with E-state index < -0.39 is 36.6 Å². The second kappa shape index (κ2) is 8.84. The molecule has 3 aromatic carbocycles. The maximum Gasteiger partial charge on any atom is 0.494 e. The maximum atomic E-state index is 6.53. The van der Waals surface area contributed by atoms with Gasteiger partial charge in [-0.15, -0.1) is 0 Å². The summed E-state index contributed by atoms with van der Waals surface area (Å²) in [6, 6.07) is 24.8. The van der Waals surface area contributed by atoms with Gasteiger partial charge >= 0.3 is 14.2 Å². The van der Waals surface area contributed by atoms with Crippen LogP contribution in [0.1, 0.15) is 55.4 Å². The van der Waals surface area contributed by atoms with E-state index in [0.717, 1.165) is 44.3 Å². The Morgan fingerprint density at radius 2 is 0.974 bits per heavy atom. The fourth-order valence-corrected chi connectivity index (χ4v) is 5.16. The zero-order chi connectivity index (χ0) is 27.8. The molecule has 0 spiro atoms. The highest BCUT2D eigenvalue weighted by atomic mass is 16.7. The predicted octanol–water partition coefficient (Wildman–Crippen LogP) is 6.37. The molecule has 7 heteroatoms. The van der Waals surface area contributed by atoms with Crippen LogP contribution < -0.4 is 10.9 Å². The van der Waals surface area contributed by atoms with Crippen molar-refractivity contribution in [3.05, 3.63) is 72.8 Å². The number of hydrogen-bond donors (Lipinski definition) is 0. The molecular weight excluding hydrogens is 486 g/mol. The SMILES string of the molecule is CC1(C)OB(c2cccc(-c3oc4ccccc4c3-c3cccc(B4OC(C)(C)C(C)(C)O4)c3)c2)OC1(C)C. The van der Waals surface area contributed by atoms with Gasteiger partial charge < -0.3 is 23.0 Å². The molecule has 1 aromatic heterocycles. The minimum absolute atomic E-state index is 0.408. The first kappa shape index (κ1) is 26.4. The van der Waals surface area contributed by atoms with Crippen LogP contribution >= 0.6 is 0 Å². The average Bonchev–Trinajstić information content (AvgIpc) is 3.44. The number of rotatable bonds is 4. The molecule has 39 heavy (non-hydrogen) atoms. The largest absolute Gasteiger partial charge is 0.494 e. The molecule has 200 valence electrons. The van der Waals surface area contributed by atoms with Gasteiger partial charge in [-0.2, -0.15) is 0 Å². The van der Waals surface area contributed by atoms with Gasteiger partial charge in [0.05, 0.1) is 22.4 Å². The Hall–Kier alpha value is -2.83. The van der Waals surface area contributed by atoms with Gasteiger partial charge in [0.1, 0.15) is 11.3 Å². The molecule has 0 N–H and O–H groups in total. The van der Waals surface area contributed by atoms with Gasteiger partial charge in [-0.05, 0) is 77.9 Å². The van der Waals surface area contributed by atoms with Crippen LogP contribution in [0.2, 0.25) is 0 Å². The van der Waals surface area contributed by atoms with Gasteiger partial charge in [0, 0.05) is 16.5 Å². The van der Waals surface area contributed by atoms with Gasteiger partial charge in [0.2, 0.25) is 0 Å². The van der Waals surface area contributed by atoms with E-state index in [-0.39, 0.29) is 0 Å². The second-order valence-corrected chi connectivity index (χ2v) is 12.7. The second-order valence-electron chi connectivity index (χ2n) is 12.7. The van der Waals surface area contributed by atoms with E-state index >= 15 is 0 Å². The first-order valence-corrected chi connectivity index (χ1v) is 13.7. The number of hydrogen-bond acceptors (Lipinski definition) is 5. The zero-order valence-corrected chi connectivity index (χ0v) is 24.1. The van der Waals surface area contributed by atoms with Gasteiger partial charge in [-0.1, -0.05) is 66.7 Å². The molecule has 2 aliphatic rings. The Labute approximate surface area is 232 Å². The highest BCUT2D eigenvalue weighted by molar-refractivity contribution is 6.62. The van der Waals surface area contributed by atoms with E-state index in [9.17, 15) is 0 Å². The van der Waals surface area contributed by atoms with E-state index in [1.54, 1.807) is 0 Å². The molecule has 0 bridgehead atoms. The number of furan rings is 1. The van der Waals surface area contributed by atoms with Crippen molar-refractivity contribution in [1.82, 2.24) is 0 Å². The Morgan fingerprint density at radius 1 is 0.513 bits per heavy atom. The first-order chi connectivity index (χ1) is 18.3. The van der Waals surface area contributed by atoms with Crippen molar-refractivity contribution in [3.8, 4) is 22.5 Å². The quantitative estimate of drug-likeness (QED) is 0.292. The summed E-state index contributed by atoms with van der Waals surface area (Å²) in [6.45, 7) is 16.6. The summed E-state index contributed by atoms with van der Waals surface area (Å²) in [5, 5.41) is 1.06. The molecular formula is C32H36B2O5. The van der Waals surface area contributed by atoms with Crippen LogP contribution in [0, 0.1) is 0 Å². The lowest BCUT2D eigenvalue weighted by Gasteiger charge is -2.32. The Kier molecular flexibility index (Phi) is 5.98. The van der Waals surface area contributed by atoms with Gasteiger partial charge in [0.15, 0.2) is 0 Å². The van der Waals surface area contributed by atoms with E-state index in [4.69, 9.17) is 23.0 Å². The average molecular weight is 522 g/mol. The Morgan fingerprint density at radius 3 is 1.51 bits per heavy atom. The fraction of sp³-hybridized carbons (Fsp3) is 0.375. The minimum Gasteiger partial charge on any atom is -0.455 e. The summed E-state index contributed by atoms with van der Waals surface area (Å²) in [7, 11) is -0.891. The molecule has 0 aliphatic carbocycles. The Bertz CT molecular complexity index is 1520. The van der Waals surface area contributed by atoms with E-state index in [1.165, 1.54) is 0 Å². The van der Waals surface area contributed by atoms with Crippen LogP contribution in [0.4, 0.5) is 0 Å². The van der Waals surface area contributed by atoms with Crippen molar-refractivity contribution in [1.29, 1.82) is 0 Å². The highest BCUT2D eigenvalue weighted by Gasteiger charge is 2.52. The molecule has 6 rings (SSSR count). The summed E-state index contributed by atoms with van der Waals surface area (Å²) in [5.41, 5.74) is 4.19. The van der Waals surface area contributed by atoms with Crippen LogP contribution in [0.15, 0.2) is 77.2 Å². The van der Waals surface area contributed by atoms with Crippen molar-refractivity contribution in [2.24, 2.45) is 0 Å². The van der Waals surface area contributed by atoms with Crippen LogP contribution in [-0.2, 0) is 18.6 Å². The maximum absolute atomic E-state index is 6.53. The molecule has 0 unspecified atom stereocenters. The number of benzene rings is 3. The van der Waals surface area contributed by atoms with Crippen LogP contribution in [0.5, 0.6) is 0 Å². The molecule has 2 fully saturated rings. The lowest BCUT2D eigenvalue weighted by Crippen LogP contribution is -2.41. The van der Waals surface area contributed by atoms with Crippen molar-refractivity contribution >= 4 is 36.1 Å². The molecule has 2 aliphatic heterocycles. The third-order valence-corrected chi connectivity index (χ3v) is 8.97. The van der Waals surface area contributed by atoms with Gasteiger partial charge in [-0.25, -0.2) is 0 Å². The molecule has 0 amide bonds. The van der Waals surface area contributed by atoms with Gasteiger partial charge in [0.25, 0.3) is 0 Å². The molecule has 2 saturated heterocycles. The van der Waals surface area contributed by atoms with Crippen LogP contribution in [0.25, 0.3) is 33.4 Å². The number of fused-ring (bicyclic) bond motifs is 1. The lowest BCUT2D eigenvalue weighted by atomic mass is 9.77. The third kappa shape index (κ3) is 4.36. The molecule has 5 nitrogen and oxygen atoms in total. The smallest absolute Gasteiger partial charge is 0.455 e. The fourth-order valence-electron chi connectivity index (χ4n) is 5.16. The third-order valence-electron chi connectivity index (χ3n) is 8.97. The predicted molar refractivity (Wildman–Crippen MR) is 159 cm³/mol. The minimum atomic E-state index is -0.450. The van der Waals surface area contributed by atoms with Crippen LogP contribution in [-0.4, -0.2) is 36.6 Å².